The van der Waals surface area contributed by atoms with Gasteiger partial charge in [-0.15, -0.1) is 0 Å². The number of hydrogen-bond acceptors (Lipinski definition) is 11. The maximum absolute atomic E-state index is 12.0. The van der Waals surface area contributed by atoms with E-state index in [4.69, 9.17) is 14.2 Å². The molecule has 0 spiro atoms. The molecule has 3 rings (SSSR count). The van der Waals surface area contributed by atoms with E-state index in [1.807, 2.05) is 0 Å². The molecule has 0 bridgehead atoms. The highest BCUT2D eigenvalue weighted by atomic mass is 16.7. The number of phenols is 1. The number of phenolic OH excluding ortho intramolecular Hbond substituents is 1. The Morgan fingerprint density at radius 3 is 2.35 bits per heavy atom. The van der Waals surface area contributed by atoms with Gasteiger partial charge < -0.3 is 39.7 Å². The van der Waals surface area contributed by atoms with Crippen LogP contribution in [0.25, 0.3) is 6.08 Å². The van der Waals surface area contributed by atoms with Gasteiger partial charge in [0.15, 0.2) is 18.2 Å². The van der Waals surface area contributed by atoms with Crippen LogP contribution in [0.1, 0.15) is 12.0 Å². The van der Waals surface area contributed by atoms with Crippen LogP contribution in [0.4, 0.5) is 0 Å². The number of hydrogen-bond donors (Lipinski definition) is 5. The maximum atomic E-state index is 12.0. The average Bonchev–Trinajstić information content (AvgIpc) is 2.80. The second kappa shape index (κ2) is 10.7. The Hall–Kier alpha value is -3.35. The second-order valence-corrected chi connectivity index (χ2v) is 7.79. The highest BCUT2D eigenvalue weighted by Gasteiger charge is 2.46. The largest absolute Gasteiger partial charge is 0.508 e. The van der Waals surface area contributed by atoms with E-state index in [2.05, 4.69) is 0 Å². The van der Waals surface area contributed by atoms with Gasteiger partial charge in [0.05, 0.1) is 6.42 Å². The van der Waals surface area contributed by atoms with Gasteiger partial charge in [-0.05, 0) is 48.1 Å². The molecule has 2 aliphatic rings. The number of esters is 2. The van der Waals surface area contributed by atoms with Gasteiger partial charge in [-0.1, -0.05) is 12.1 Å². The molecule has 5 atom stereocenters. The number of aliphatic hydroxyl groups excluding tert-OH is 3. The van der Waals surface area contributed by atoms with Gasteiger partial charge in [0, 0.05) is 6.08 Å². The lowest BCUT2D eigenvalue weighted by Crippen LogP contribution is -2.60. The zero-order valence-corrected chi connectivity index (χ0v) is 17.8. The Balaban J connectivity index is 1.50. The van der Waals surface area contributed by atoms with E-state index in [-0.39, 0.29) is 11.5 Å². The van der Waals surface area contributed by atoms with Gasteiger partial charge >= 0.3 is 11.9 Å². The van der Waals surface area contributed by atoms with E-state index in [1.54, 1.807) is 12.1 Å². The Morgan fingerprint density at radius 2 is 1.71 bits per heavy atom. The molecular formula is C23H24O11. The third-order valence-electron chi connectivity index (χ3n) is 5.13. The summed E-state index contributed by atoms with van der Waals surface area (Å²) in [7, 11) is 0. The van der Waals surface area contributed by atoms with Gasteiger partial charge in [0.1, 0.15) is 36.3 Å². The van der Waals surface area contributed by atoms with Crippen LogP contribution in [0.5, 0.6) is 5.75 Å². The summed E-state index contributed by atoms with van der Waals surface area (Å²) in [5, 5.41) is 50.2. The molecule has 0 amide bonds. The molecule has 0 aromatic heterocycles. The second-order valence-electron chi connectivity index (χ2n) is 7.79. The van der Waals surface area contributed by atoms with Crippen molar-refractivity contribution in [3.05, 3.63) is 60.2 Å². The topological polar surface area (TPSA) is 180 Å². The van der Waals surface area contributed by atoms with Crippen molar-refractivity contribution in [2.45, 2.75) is 42.7 Å². The maximum Gasteiger partial charge on any atom is 0.331 e. The SMILES string of the molecule is O=C1C=CC(O)(CC(=O)OC[C@H]2O[C@H](O)[C@H](OC(=O)/C=C/c3ccc(O)cc3)[C@@H](O)[C@@H]2O)C=C1. The molecule has 1 heterocycles. The monoisotopic (exact) mass is 476 g/mol. The van der Waals surface area contributed by atoms with E-state index in [1.165, 1.54) is 18.2 Å². The summed E-state index contributed by atoms with van der Waals surface area (Å²) >= 11 is 0. The predicted molar refractivity (Wildman–Crippen MR) is 114 cm³/mol. The normalized spacial score (nSPS) is 28.1. The van der Waals surface area contributed by atoms with Crippen molar-refractivity contribution in [1.29, 1.82) is 0 Å². The molecule has 11 nitrogen and oxygen atoms in total. The molecule has 0 unspecified atom stereocenters. The standard InChI is InChI=1S/C23H24O11/c24-14-4-1-13(2-5-14)3-6-17(26)34-21-20(29)19(28)16(33-22(21)30)12-32-18(27)11-23(31)9-7-15(25)8-10-23/h1-10,16,19-22,24,28-31H,11-12H2/b6-3+/t16-,19-,20+,21-,22+/m1/s1. The summed E-state index contributed by atoms with van der Waals surface area (Å²) in [6, 6.07) is 5.92. The van der Waals surface area contributed by atoms with Crippen LogP contribution in [0.15, 0.2) is 54.6 Å². The number of benzene rings is 1. The molecule has 1 aromatic rings. The minimum atomic E-state index is -1.83. The van der Waals surface area contributed by atoms with Crippen molar-refractivity contribution in [2.24, 2.45) is 0 Å². The number of allylic oxidation sites excluding steroid dienone is 2. The molecule has 34 heavy (non-hydrogen) atoms. The molecular weight excluding hydrogens is 452 g/mol. The number of ether oxygens (including phenoxy) is 3. The molecule has 1 aliphatic carbocycles. The van der Waals surface area contributed by atoms with Crippen LogP contribution in [-0.4, -0.2) is 86.2 Å². The van der Waals surface area contributed by atoms with E-state index in [9.17, 15) is 39.9 Å². The zero-order valence-electron chi connectivity index (χ0n) is 17.8. The van der Waals surface area contributed by atoms with Gasteiger partial charge in [-0.2, -0.15) is 0 Å². The van der Waals surface area contributed by atoms with Crippen molar-refractivity contribution < 1.29 is 54.1 Å². The van der Waals surface area contributed by atoms with Crippen molar-refractivity contribution in [3.63, 3.8) is 0 Å². The Kier molecular flexibility index (Phi) is 7.97. The Morgan fingerprint density at radius 1 is 1.06 bits per heavy atom. The molecule has 5 N–H and O–H groups in total. The molecule has 11 heteroatoms. The molecule has 1 aromatic carbocycles. The first-order valence-electron chi connectivity index (χ1n) is 10.2. The Bertz CT molecular complexity index is 979. The smallest absolute Gasteiger partial charge is 0.331 e. The van der Waals surface area contributed by atoms with Crippen molar-refractivity contribution in [2.75, 3.05) is 6.61 Å². The van der Waals surface area contributed by atoms with E-state index in [0.717, 1.165) is 30.4 Å². The molecule has 1 aliphatic heterocycles. The fraction of sp³-hybridized carbons (Fsp3) is 0.348. The van der Waals surface area contributed by atoms with Gasteiger partial charge in [-0.3, -0.25) is 9.59 Å². The van der Waals surface area contributed by atoms with Crippen molar-refractivity contribution >= 4 is 23.8 Å². The van der Waals surface area contributed by atoms with E-state index >= 15 is 0 Å². The summed E-state index contributed by atoms with van der Waals surface area (Å²) in [5.41, 5.74) is -1.13. The number of aromatic hydroxyl groups is 1. The van der Waals surface area contributed by atoms with Crippen LogP contribution >= 0.6 is 0 Å². The predicted octanol–water partition coefficient (Wildman–Crippen LogP) is -0.884. The molecule has 182 valence electrons. The van der Waals surface area contributed by atoms with Crippen LogP contribution < -0.4 is 0 Å². The molecule has 0 saturated carbocycles. The van der Waals surface area contributed by atoms with Gasteiger partial charge in [-0.25, -0.2) is 4.79 Å². The fourth-order valence-electron chi connectivity index (χ4n) is 3.25. The quantitative estimate of drug-likeness (QED) is 0.243. The minimum absolute atomic E-state index is 0.0505. The molecule has 1 fully saturated rings. The first-order chi connectivity index (χ1) is 16.1. The average molecular weight is 476 g/mol. The zero-order chi connectivity index (χ0) is 24.9. The third kappa shape index (κ3) is 6.59. The fourth-order valence-corrected chi connectivity index (χ4v) is 3.25. The first kappa shape index (κ1) is 25.3. The minimum Gasteiger partial charge on any atom is -0.508 e. The van der Waals surface area contributed by atoms with Crippen LogP contribution in [0.3, 0.4) is 0 Å². The first-order valence-corrected chi connectivity index (χ1v) is 10.2. The van der Waals surface area contributed by atoms with Gasteiger partial charge in [0.25, 0.3) is 0 Å². The number of carbonyl (C=O) groups is 3. The Labute approximate surface area is 193 Å². The van der Waals surface area contributed by atoms with E-state index in [0.29, 0.717) is 5.56 Å². The summed E-state index contributed by atoms with van der Waals surface area (Å²) < 4.78 is 15.1. The van der Waals surface area contributed by atoms with Gasteiger partial charge in [0.2, 0.25) is 0 Å². The number of carbonyl (C=O) groups excluding carboxylic acids is 3. The number of aliphatic hydroxyl groups is 4. The lowest BCUT2D eigenvalue weighted by Gasteiger charge is -2.39. The summed E-state index contributed by atoms with van der Waals surface area (Å²) in [6.45, 7) is -0.571. The summed E-state index contributed by atoms with van der Waals surface area (Å²) in [5.74, 6) is -2.11. The third-order valence-corrected chi connectivity index (χ3v) is 5.13. The number of rotatable bonds is 7. The summed E-state index contributed by atoms with van der Waals surface area (Å²) in [4.78, 5) is 35.2. The molecule has 1 saturated heterocycles. The summed E-state index contributed by atoms with van der Waals surface area (Å²) in [6.07, 6.45) is -1.83. The highest BCUT2D eigenvalue weighted by molar-refractivity contribution is 6.00. The van der Waals surface area contributed by atoms with E-state index < -0.39 is 61.3 Å². The lowest BCUT2D eigenvalue weighted by atomic mass is 9.94. The van der Waals surface area contributed by atoms with Crippen LogP contribution in [-0.2, 0) is 28.6 Å². The van der Waals surface area contributed by atoms with Crippen LogP contribution in [0, 0.1) is 0 Å². The van der Waals surface area contributed by atoms with Crippen LogP contribution in [0.2, 0.25) is 0 Å². The molecule has 0 radical (unpaired) electrons. The van der Waals surface area contributed by atoms with Crippen molar-refractivity contribution in [1.82, 2.24) is 0 Å². The lowest BCUT2D eigenvalue weighted by molar-refractivity contribution is -0.290. The number of ketones is 1. The highest BCUT2D eigenvalue weighted by Crippen LogP contribution is 2.24. The van der Waals surface area contributed by atoms with Crippen molar-refractivity contribution in [3.8, 4) is 5.75 Å².